The van der Waals surface area contributed by atoms with Gasteiger partial charge >= 0.3 is 0 Å². The molecule has 0 aliphatic heterocycles. The Labute approximate surface area is 57.9 Å². The van der Waals surface area contributed by atoms with Gasteiger partial charge in [0, 0.05) is 0 Å². The summed E-state index contributed by atoms with van der Waals surface area (Å²) in [6, 6.07) is 0. The quantitative estimate of drug-likeness (QED) is 0.509. The van der Waals surface area contributed by atoms with E-state index in [0.717, 1.165) is 18.7 Å². The summed E-state index contributed by atoms with van der Waals surface area (Å²) in [6.45, 7) is 2.16. The number of hydrogen-bond acceptors (Lipinski definition) is 1. The minimum Gasteiger partial charge on any atom is -0.393 e. The molecule has 0 heterocycles. The average Bonchev–Trinajstić information content (AvgIpc) is 2.10. The van der Waals surface area contributed by atoms with Gasteiger partial charge in [0.15, 0.2) is 0 Å². The number of aliphatic hydroxyl groups excluding tert-OH is 1. The van der Waals surface area contributed by atoms with Crippen molar-refractivity contribution >= 4 is 7.85 Å². The molecular formula is C7H15BO. The van der Waals surface area contributed by atoms with E-state index in [0.29, 0.717) is 5.92 Å². The molecule has 0 bridgehead atoms. The van der Waals surface area contributed by atoms with E-state index in [-0.39, 0.29) is 6.10 Å². The van der Waals surface area contributed by atoms with Crippen LogP contribution in [0.3, 0.4) is 0 Å². The normalized spacial score (nSPS) is 43.6. The second-order valence-corrected chi connectivity index (χ2v) is 3.31. The molecule has 0 aromatic carbocycles. The third-order valence-electron chi connectivity index (χ3n) is 2.42. The molecule has 1 N–H and O–H groups in total. The summed E-state index contributed by atoms with van der Waals surface area (Å²) in [7, 11) is 2.22. The molecule has 1 saturated carbocycles. The highest BCUT2D eigenvalue weighted by atomic mass is 16.3. The Morgan fingerprint density at radius 3 is 2.44 bits per heavy atom. The first-order chi connectivity index (χ1) is 4.24. The van der Waals surface area contributed by atoms with Crippen LogP contribution in [-0.2, 0) is 0 Å². The molecule has 0 spiro atoms. The van der Waals surface area contributed by atoms with E-state index in [1.807, 2.05) is 0 Å². The summed E-state index contributed by atoms with van der Waals surface area (Å²) in [5.41, 5.74) is 0. The van der Waals surface area contributed by atoms with Crippen LogP contribution >= 0.6 is 0 Å². The van der Waals surface area contributed by atoms with Gasteiger partial charge in [-0.2, -0.15) is 0 Å². The smallest absolute Gasteiger partial charge is 0.105 e. The van der Waals surface area contributed by atoms with E-state index in [2.05, 4.69) is 14.8 Å². The van der Waals surface area contributed by atoms with Crippen LogP contribution in [0.2, 0.25) is 5.82 Å². The van der Waals surface area contributed by atoms with Gasteiger partial charge in [-0.1, -0.05) is 25.6 Å². The van der Waals surface area contributed by atoms with Crippen LogP contribution in [0.25, 0.3) is 0 Å². The first-order valence-electron chi connectivity index (χ1n) is 3.92. The summed E-state index contributed by atoms with van der Waals surface area (Å²) in [6.07, 6.45) is 3.41. The van der Waals surface area contributed by atoms with Gasteiger partial charge in [-0.3, -0.25) is 0 Å². The van der Waals surface area contributed by atoms with Crippen LogP contribution in [0.1, 0.15) is 26.2 Å². The first kappa shape index (κ1) is 7.14. The standard InChI is InChI=1S/C7H15BO/c1-2-5-3-6(8)4-7(5)9/h5-7,9H,2-4,8H2,1H3. The maximum atomic E-state index is 9.36. The molecule has 0 radical (unpaired) electrons. The van der Waals surface area contributed by atoms with E-state index in [1.54, 1.807) is 0 Å². The monoisotopic (exact) mass is 126 g/mol. The van der Waals surface area contributed by atoms with Crippen LogP contribution in [0.15, 0.2) is 0 Å². The van der Waals surface area contributed by atoms with Crippen molar-refractivity contribution in [2.24, 2.45) is 5.92 Å². The Kier molecular flexibility index (Phi) is 2.17. The molecule has 2 heteroatoms. The van der Waals surface area contributed by atoms with E-state index in [4.69, 9.17) is 0 Å². The van der Waals surface area contributed by atoms with Crippen LogP contribution < -0.4 is 0 Å². The zero-order chi connectivity index (χ0) is 6.85. The van der Waals surface area contributed by atoms with Gasteiger partial charge in [-0.25, -0.2) is 0 Å². The molecule has 1 fully saturated rings. The lowest BCUT2D eigenvalue weighted by atomic mass is 9.85. The second kappa shape index (κ2) is 2.74. The van der Waals surface area contributed by atoms with Crippen LogP contribution in [-0.4, -0.2) is 19.1 Å². The topological polar surface area (TPSA) is 20.2 Å². The van der Waals surface area contributed by atoms with Crippen LogP contribution in [0, 0.1) is 5.92 Å². The van der Waals surface area contributed by atoms with Gasteiger partial charge in [0.05, 0.1) is 6.10 Å². The summed E-state index contributed by atoms with van der Waals surface area (Å²) in [5.74, 6) is 1.35. The van der Waals surface area contributed by atoms with Crippen molar-refractivity contribution in [3.05, 3.63) is 0 Å². The van der Waals surface area contributed by atoms with Gasteiger partial charge in [-0.05, 0) is 12.3 Å². The Hall–Kier alpha value is 0.0249. The Bertz CT molecular complexity index is 94.9. The summed E-state index contributed by atoms with van der Waals surface area (Å²) in [4.78, 5) is 0. The van der Waals surface area contributed by atoms with Gasteiger partial charge < -0.3 is 5.11 Å². The highest BCUT2D eigenvalue weighted by Crippen LogP contribution is 2.34. The SMILES string of the molecule is BC1CC(O)C(CC)C1. The zero-order valence-corrected chi connectivity index (χ0v) is 6.30. The summed E-state index contributed by atoms with van der Waals surface area (Å²) in [5, 5.41) is 9.36. The first-order valence-corrected chi connectivity index (χ1v) is 3.92. The fourth-order valence-electron chi connectivity index (χ4n) is 1.81. The molecule has 1 nitrogen and oxygen atoms in total. The van der Waals surface area contributed by atoms with Crippen molar-refractivity contribution in [1.82, 2.24) is 0 Å². The predicted molar refractivity (Wildman–Crippen MR) is 41.3 cm³/mol. The zero-order valence-electron chi connectivity index (χ0n) is 6.30. The molecule has 0 amide bonds. The van der Waals surface area contributed by atoms with Crippen molar-refractivity contribution in [3.8, 4) is 0 Å². The average molecular weight is 126 g/mol. The lowest BCUT2D eigenvalue weighted by molar-refractivity contribution is 0.131. The van der Waals surface area contributed by atoms with Gasteiger partial charge in [0.2, 0.25) is 0 Å². The van der Waals surface area contributed by atoms with Crippen LogP contribution in [0.5, 0.6) is 0 Å². The van der Waals surface area contributed by atoms with E-state index >= 15 is 0 Å². The van der Waals surface area contributed by atoms with E-state index in [9.17, 15) is 5.11 Å². The lowest BCUT2D eigenvalue weighted by Crippen LogP contribution is -2.10. The molecule has 1 aliphatic carbocycles. The molecule has 3 unspecified atom stereocenters. The maximum absolute atomic E-state index is 9.36. The number of rotatable bonds is 1. The molecule has 0 aromatic rings. The third-order valence-corrected chi connectivity index (χ3v) is 2.42. The summed E-state index contributed by atoms with van der Waals surface area (Å²) >= 11 is 0. The second-order valence-electron chi connectivity index (χ2n) is 3.31. The highest BCUT2D eigenvalue weighted by Gasteiger charge is 2.28. The summed E-state index contributed by atoms with van der Waals surface area (Å²) < 4.78 is 0. The van der Waals surface area contributed by atoms with E-state index < -0.39 is 0 Å². The Morgan fingerprint density at radius 1 is 1.56 bits per heavy atom. The van der Waals surface area contributed by atoms with Gasteiger partial charge in [0.25, 0.3) is 0 Å². The maximum Gasteiger partial charge on any atom is 0.105 e. The largest absolute Gasteiger partial charge is 0.393 e. The Morgan fingerprint density at radius 2 is 2.22 bits per heavy atom. The van der Waals surface area contributed by atoms with Crippen molar-refractivity contribution in [2.45, 2.75) is 38.1 Å². The van der Waals surface area contributed by atoms with E-state index in [1.165, 1.54) is 6.42 Å². The highest BCUT2D eigenvalue weighted by molar-refractivity contribution is 6.11. The minimum atomic E-state index is 0.00463. The Balaban J connectivity index is 2.38. The molecule has 52 valence electrons. The molecule has 0 saturated heterocycles. The van der Waals surface area contributed by atoms with Crippen molar-refractivity contribution in [2.75, 3.05) is 0 Å². The van der Waals surface area contributed by atoms with Gasteiger partial charge in [0.1, 0.15) is 7.85 Å². The third kappa shape index (κ3) is 1.48. The molecule has 1 aliphatic rings. The molecule has 0 aromatic heterocycles. The van der Waals surface area contributed by atoms with Crippen molar-refractivity contribution in [1.29, 1.82) is 0 Å². The minimum absolute atomic E-state index is 0.00463. The fourth-order valence-corrected chi connectivity index (χ4v) is 1.81. The lowest BCUT2D eigenvalue weighted by Gasteiger charge is -2.09. The van der Waals surface area contributed by atoms with Crippen molar-refractivity contribution in [3.63, 3.8) is 0 Å². The predicted octanol–water partition coefficient (Wildman–Crippen LogP) is 0.589. The van der Waals surface area contributed by atoms with Crippen molar-refractivity contribution < 1.29 is 5.11 Å². The molecule has 3 atom stereocenters. The number of aliphatic hydroxyl groups is 1. The molecule has 9 heavy (non-hydrogen) atoms. The fraction of sp³-hybridized carbons (Fsp3) is 1.00. The molecule has 1 rings (SSSR count). The molecular weight excluding hydrogens is 111 g/mol. The van der Waals surface area contributed by atoms with Gasteiger partial charge in [-0.15, -0.1) is 0 Å². The van der Waals surface area contributed by atoms with Crippen LogP contribution in [0.4, 0.5) is 0 Å². The number of hydrogen-bond donors (Lipinski definition) is 1.